The van der Waals surface area contributed by atoms with Gasteiger partial charge in [0, 0.05) is 12.3 Å². The molecule has 0 fully saturated rings. The van der Waals surface area contributed by atoms with E-state index in [4.69, 9.17) is 9.47 Å². The molecular weight excluding hydrogens is 280 g/mol. The number of H-pyrrole nitrogens is 1. The number of amides is 1. The van der Waals surface area contributed by atoms with Crippen LogP contribution in [-0.4, -0.2) is 34.2 Å². The number of benzene rings is 1. The Hall–Kier alpha value is -3.10. The van der Waals surface area contributed by atoms with Crippen LogP contribution in [0.4, 0.5) is 11.4 Å². The molecular formula is C12H10N4O5. The van der Waals surface area contributed by atoms with Crippen LogP contribution in [0.1, 0.15) is 10.4 Å². The van der Waals surface area contributed by atoms with Crippen molar-refractivity contribution in [1.29, 1.82) is 0 Å². The Morgan fingerprint density at radius 3 is 2.67 bits per heavy atom. The van der Waals surface area contributed by atoms with Crippen LogP contribution < -0.4 is 14.8 Å². The highest BCUT2D eigenvalue weighted by molar-refractivity contribution is 6.05. The molecule has 2 heterocycles. The number of carbonyl (C=O) groups is 1. The smallest absolute Gasteiger partial charge is 0.296 e. The number of hydrogen-bond donors (Lipinski definition) is 2. The monoisotopic (exact) mass is 290 g/mol. The van der Waals surface area contributed by atoms with Crippen molar-refractivity contribution < 1.29 is 19.2 Å². The lowest BCUT2D eigenvalue weighted by Gasteiger charge is -2.19. The lowest BCUT2D eigenvalue weighted by molar-refractivity contribution is -0.384. The molecule has 0 spiro atoms. The predicted octanol–water partition coefficient (Wildman–Crippen LogP) is 1.34. The first kappa shape index (κ1) is 12.9. The molecule has 21 heavy (non-hydrogen) atoms. The highest BCUT2D eigenvalue weighted by Crippen LogP contribution is 2.39. The van der Waals surface area contributed by atoms with Crippen LogP contribution in [0.3, 0.4) is 0 Å². The number of fused-ring (bicyclic) bond motifs is 1. The molecule has 2 N–H and O–H groups in total. The summed E-state index contributed by atoms with van der Waals surface area (Å²) in [4.78, 5) is 22.5. The number of nitro groups is 1. The fraction of sp³-hybridized carbons (Fsp3) is 0.167. The van der Waals surface area contributed by atoms with Gasteiger partial charge >= 0.3 is 0 Å². The minimum absolute atomic E-state index is 0.0375. The van der Waals surface area contributed by atoms with E-state index in [0.29, 0.717) is 19.0 Å². The van der Waals surface area contributed by atoms with E-state index in [0.717, 1.165) is 0 Å². The van der Waals surface area contributed by atoms with E-state index in [1.165, 1.54) is 24.5 Å². The second-order valence-electron chi connectivity index (χ2n) is 4.21. The van der Waals surface area contributed by atoms with E-state index >= 15 is 0 Å². The molecule has 0 saturated carbocycles. The summed E-state index contributed by atoms with van der Waals surface area (Å²) in [6, 6.07) is 2.62. The molecule has 1 aromatic carbocycles. The maximum absolute atomic E-state index is 12.0. The zero-order chi connectivity index (χ0) is 14.8. The van der Waals surface area contributed by atoms with Gasteiger partial charge in [-0.05, 0) is 0 Å². The van der Waals surface area contributed by atoms with Gasteiger partial charge < -0.3 is 14.8 Å². The number of rotatable bonds is 3. The van der Waals surface area contributed by atoms with Crippen molar-refractivity contribution in [2.24, 2.45) is 0 Å². The average molecular weight is 290 g/mol. The van der Waals surface area contributed by atoms with Crippen molar-refractivity contribution in [2.75, 3.05) is 18.5 Å². The first-order chi connectivity index (χ1) is 10.1. The topological polar surface area (TPSA) is 119 Å². The van der Waals surface area contributed by atoms with Crippen molar-refractivity contribution in [3.8, 4) is 11.5 Å². The quantitative estimate of drug-likeness (QED) is 0.650. The molecule has 2 aromatic rings. The number of carbonyl (C=O) groups excluding carboxylic acids is 1. The Labute approximate surface area is 118 Å². The van der Waals surface area contributed by atoms with Gasteiger partial charge in [0.05, 0.1) is 22.7 Å². The molecule has 1 aromatic heterocycles. The lowest BCUT2D eigenvalue weighted by Crippen LogP contribution is -2.17. The van der Waals surface area contributed by atoms with Gasteiger partial charge in [-0.2, -0.15) is 5.10 Å². The van der Waals surface area contributed by atoms with E-state index in [2.05, 4.69) is 15.5 Å². The Kier molecular flexibility index (Phi) is 3.14. The van der Waals surface area contributed by atoms with E-state index in [1.54, 1.807) is 0 Å². The fourth-order valence-corrected chi connectivity index (χ4v) is 1.90. The van der Waals surface area contributed by atoms with Crippen LogP contribution in [0.2, 0.25) is 0 Å². The normalized spacial score (nSPS) is 12.8. The summed E-state index contributed by atoms with van der Waals surface area (Å²) in [6.07, 6.45) is 2.71. The van der Waals surface area contributed by atoms with E-state index in [9.17, 15) is 14.9 Å². The number of nitro benzene ring substituents is 1. The lowest BCUT2D eigenvalue weighted by atomic mass is 10.2. The third-order valence-electron chi connectivity index (χ3n) is 2.87. The van der Waals surface area contributed by atoms with Gasteiger partial charge in [0.1, 0.15) is 18.9 Å². The summed E-state index contributed by atoms with van der Waals surface area (Å²) in [6.45, 7) is 0.671. The number of ether oxygens (including phenoxy) is 2. The van der Waals surface area contributed by atoms with Gasteiger partial charge in [0.25, 0.3) is 11.6 Å². The largest absolute Gasteiger partial charge is 0.486 e. The zero-order valence-electron chi connectivity index (χ0n) is 10.7. The molecule has 9 nitrogen and oxygen atoms in total. The van der Waals surface area contributed by atoms with Crippen LogP contribution in [0.15, 0.2) is 24.5 Å². The number of nitrogens with one attached hydrogen (secondary N) is 2. The highest BCUT2D eigenvalue weighted by Gasteiger charge is 2.23. The number of aromatic amines is 1. The molecule has 0 bridgehead atoms. The first-order valence-electron chi connectivity index (χ1n) is 6.03. The van der Waals surface area contributed by atoms with Gasteiger partial charge in [-0.3, -0.25) is 20.0 Å². The molecule has 0 saturated heterocycles. The average Bonchev–Trinajstić information content (AvgIpc) is 3.00. The summed E-state index contributed by atoms with van der Waals surface area (Å²) in [5.41, 5.74) is 0.0331. The maximum Gasteiger partial charge on any atom is 0.296 e. The van der Waals surface area contributed by atoms with Crippen molar-refractivity contribution >= 4 is 17.3 Å². The third kappa shape index (κ3) is 2.48. The Morgan fingerprint density at radius 1 is 1.33 bits per heavy atom. The fourth-order valence-electron chi connectivity index (χ4n) is 1.90. The standard InChI is InChI=1S/C12H10N4O5/c17-12(7-5-13-14-6-7)15-8-3-10-11(21-2-1-20-10)4-9(8)16(18)19/h3-6H,1-2H2,(H,13,14)(H,15,17). The number of nitrogens with zero attached hydrogens (tertiary/aromatic N) is 2. The van der Waals surface area contributed by atoms with Crippen LogP contribution in [0.25, 0.3) is 0 Å². The molecule has 0 radical (unpaired) electrons. The molecule has 1 aliphatic rings. The molecule has 1 aliphatic heterocycles. The highest BCUT2D eigenvalue weighted by atomic mass is 16.6. The molecule has 108 valence electrons. The SMILES string of the molecule is O=C(Nc1cc2c(cc1[N+](=O)[O-])OCCO2)c1cn[nH]c1. The van der Waals surface area contributed by atoms with Gasteiger partial charge in [-0.15, -0.1) is 0 Å². The summed E-state index contributed by atoms with van der Waals surface area (Å²) in [7, 11) is 0. The maximum atomic E-state index is 12.0. The third-order valence-corrected chi connectivity index (χ3v) is 2.87. The second kappa shape index (κ2) is 5.12. The first-order valence-corrected chi connectivity index (χ1v) is 6.03. The Balaban J connectivity index is 1.96. The number of aromatic nitrogens is 2. The van der Waals surface area contributed by atoms with Crippen molar-refractivity contribution in [1.82, 2.24) is 10.2 Å². The Bertz CT molecular complexity index is 698. The predicted molar refractivity (Wildman–Crippen MR) is 70.6 cm³/mol. The van der Waals surface area contributed by atoms with E-state index in [-0.39, 0.29) is 22.7 Å². The summed E-state index contributed by atoms with van der Waals surface area (Å²) in [5.74, 6) is 0.132. The Morgan fingerprint density at radius 2 is 2.05 bits per heavy atom. The van der Waals surface area contributed by atoms with Crippen LogP contribution in [-0.2, 0) is 0 Å². The number of hydrogen-bond acceptors (Lipinski definition) is 6. The minimum Gasteiger partial charge on any atom is -0.486 e. The molecule has 0 atom stereocenters. The summed E-state index contributed by atoms with van der Waals surface area (Å²) in [5, 5.41) is 19.7. The van der Waals surface area contributed by atoms with Crippen molar-refractivity contribution in [3.05, 3.63) is 40.2 Å². The summed E-state index contributed by atoms with van der Waals surface area (Å²) >= 11 is 0. The molecule has 0 aliphatic carbocycles. The van der Waals surface area contributed by atoms with Crippen LogP contribution in [0.5, 0.6) is 11.5 Å². The van der Waals surface area contributed by atoms with Gasteiger partial charge in [-0.1, -0.05) is 0 Å². The minimum atomic E-state index is -0.594. The number of anilines is 1. The van der Waals surface area contributed by atoms with E-state index in [1.807, 2.05) is 0 Å². The van der Waals surface area contributed by atoms with Gasteiger partial charge in [0.2, 0.25) is 0 Å². The second-order valence-corrected chi connectivity index (χ2v) is 4.21. The van der Waals surface area contributed by atoms with Crippen molar-refractivity contribution in [2.45, 2.75) is 0 Å². The summed E-state index contributed by atoms with van der Waals surface area (Å²) < 4.78 is 10.6. The molecule has 0 unspecified atom stereocenters. The molecule has 3 rings (SSSR count). The van der Waals surface area contributed by atoms with Crippen LogP contribution in [0, 0.1) is 10.1 Å². The van der Waals surface area contributed by atoms with E-state index < -0.39 is 10.8 Å². The molecule has 1 amide bonds. The van der Waals surface area contributed by atoms with Gasteiger partial charge in [-0.25, -0.2) is 0 Å². The van der Waals surface area contributed by atoms with Crippen molar-refractivity contribution in [3.63, 3.8) is 0 Å². The van der Waals surface area contributed by atoms with Gasteiger partial charge in [0.15, 0.2) is 11.5 Å². The zero-order valence-corrected chi connectivity index (χ0v) is 10.7. The van der Waals surface area contributed by atoms with Crippen LogP contribution >= 0.6 is 0 Å². The molecule has 9 heteroatoms.